The summed E-state index contributed by atoms with van der Waals surface area (Å²) in [5.74, 6) is 0.245. The topological polar surface area (TPSA) is 84.2 Å². The Kier molecular flexibility index (Phi) is 5.39. The number of carbonyl (C=O) groups excluding carboxylic acids is 2. The van der Waals surface area contributed by atoms with Crippen LogP contribution in [0.3, 0.4) is 0 Å². The maximum Gasteiger partial charge on any atom is 0.228 e. The minimum Gasteiger partial charge on any atom is -0.454 e. The molecule has 0 spiro atoms. The number of furan rings is 1. The molecule has 4 aromatic rings. The number of aromatic nitrogens is 1. The van der Waals surface area contributed by atoms with Crippen molar-refractivity contribution in [2.45, 2.75) is 19.4 Å². The summed E-state index contributed by atoms with van der Waals surface area (Å²) in [6, 6.07) is 18.7. The fourth-order valence-electron chi connectivity index (χ4n) is 3.09. The van der Waals surface area contributed by atoms with Gasteiger partial charge in [0.2, 0.25) is 11.8 Å². The van der Waals surface area contributed by atoms with Gasteiger partial charge in [0, 0.05) is 17.7 Å². The van der Waals surface area contributed by atoms with Crippen molar-refractivity contribution in [3.8, 4) is 11.5 Å². The molecule has 0 fully saturated rings. The van der Waals surface area contributed by atoms with Crippen LogP contribution in [0.25, 0.3) is 22.4 Å². The van der Waals surface area contributed by atoms with E-state index in [1.165, 1.54) is 18.3 Å². The third kappa shape index (κ3) is 4.52. The van der Waals surface area contributed by atoms with E-state index in [2.05, 4.69) is 15.6 Å². The van der Waals surface area contributed by atoms with E-state index in [1.807, 2.05) is 66.0 Å². The molecule has 6 nitrogen and oxygen atoms in total. The van der Waals surface area contributed by atoms with Crippen LogP contribution in [0.1, 0.15) is 24.9 Å². The van der Waals surface area contributed by atoms with E-state index in [-0.39, 0.29) is 18.2 Å². The van der Waals surface area contributed by atoms with Crippen molar-refractivity contribution in [2.75, 3.05) is 5.32 Å². The number of hydrogen-bond donors (Lipinski definition) is 2. The monoisotopic (exact) mass is 405 g/mol. The average molecular weight is 405 g/mol. The Morgan fingerprint density at radius 2 is 1.86 bits per heavy atom. The highest BCUT2D eigenvalue weighted by Crippen LogP contribution is 2.30. The lowest BCUT2D eigenvalue weighted by molar-refractivity contribution is -0.120. The van der Waals surface area contributed by atoms with E-state index in [0.717, 1.165) is 16.5 Å². The number of thiazole rings is 1. The van der Waals surface area contributed by atoms with Crippen molar-refractivity contribution in [3.05, 3.63) is 71.6 Å². The second-order valence-corrected chi connectivity index (χ2v) is 7.46. The number of anilines is 1. The number of amides is 2. The number of fused-ring (bicyclic) bond motifs is 1. The molecule has 2 heterocycles. The summed E-state index contributed by atoms with van der Waals surface area (Å²) in [5, 5.41) is 8.97. The zero-order valence-corrected chi connectivity index (χ0v) is 16.5. The highest BCUT2D eigenvalue weighted by molar-refractivity contribution is 7.14. The zero-order chi connectivity index (χ0) is 20.2. The van der Waals surface area contributed by atoms with Crippen LogP contribution >= 0.6 is 11.3 Å². The summed E-state index contributed by atoms with van der Waals surface area (Å²) in [4.78, 5) is 28.5. The van der Waals surface area contributed by atoms with Gasteiger partial charge in [-0.25, -0.2) is 4.98 Å². The summed E-state index contributed by atoms with van der Waals surface area (Å²) in [6.07, 6.45) is 0.114. The molecular formula is C22H19N3O3S. The molecule has 2 N–H and O–H groups in total. The molecule has 0 aliphatic carbocycles. The SMILES string of the molecule is CC(=O)NC(CC(=O)Nc1nc(-c2cc3ccccc3o2)cs1)c1ccccc1. The van der Waals surface area contributed by atoms with Crippen LogP contribution in [0.2, 0.25) is 0 Å². The summed E-state index contributed by atoms with van der Waals surface area (Å²) in [7, 11) is 0. The molecule has 0 saturated carbocycles. The molecule has 7 heteroatoms. The van der Waals surface area contributed by atoms with Gasteiger partial charge in [0.1, 0.15) is 11.3 Å². The number of para-hydroxylation sites is 1. The first-order chi connectivity index (χ1) is 14.1. The highest BCUT2D eigenvalue weighted by Gasteiger charge is 2.18. The predicted molar refractivity (Wildman–Crippen MR) is 114 cm³/mol. The van der Waals surface area contributed by atoms with Crippen molar-refractivity contribution >= 4 is 39.3 Å². The predicted octanol–water partition coefficient (Wildman–Crippen LogP) is 4.76. The molecule has 2 amide bonds. The zero-order valence-electron chi connectivity index (χ0n) is 15.7. The van der Waals surface area contributed by atoms with Crippen molar-refractivity contribution < 1.29 is 14.0 Å². The van der Waals surface area contributed by atoms with E-state index < -0.39 is 6.04 Å². The van der Waals surface area contributed by atoms with Crippen LogP contribution < -0.4 is 10.6 Å². The Bertz CT molecular complexity index is 1120. The molecule has 0 aliphatic rings. The Labute approximate surface area is 171 Å². The number of carbonyl (C=O) groups is 2. The van der Waals surface area contributed by atoms with Gasteiger partial charge in [0.15, 0.2) is 10.9 Å². The Balaban J connectivity index is 1.46. The first kappa shape index (κ1) is 18.9. The van der Waals surface area contributed by atoms with Crippen molar-refractivity contribution in [3.63, 3.8) is 0 Å². The third-order valence-electron chi connectivity index (χ3n) is 4.40. The molecule has 1 unspecified atom stereocenters. The minimum absolute atomic E-state index is 0.114. The fraction of sp³-hybridized carbons (Fsp3) is 0.136. The smallest absolute Gasteiger partial charge is 0.228 e. The van der Waals surface area contributed by atoms with Crippen LogP contribution in [0.5, 0.6) is 0 Å². The summed E-state index contributed by atoms with van der Waals surface area (Å²) < 4.78 is 5.82. The number of nitrogens with one attached hydrogen (secondary N) is 2. The molecule has 2 aromatic carbocycles. The van der Waals surface area contributed by atoms with Crippen LogP contribution in [0.15, 0.2) is 70.5 Å². The second-order valence-electron chi connectivity index (χ2n) is 6.60. The third-order valence-corrected chi connectivity index (χ3v) is 5.16. The molecule has 146 valence electrons. The van der Waals surface area contributed by atoms with Crippen LogP contribution in [-0.2, 0) is 9.59 Å². The van der Waals surface area contributed by atoms with Gasteiger partial charge in [-0.2, -0.15) is 0 Å². The molecule has 4 rings (SSSR count). The average Bonchev–Trinajstić information content (AvgIpc) is 3.34. The van der Waals surface area contributed by atoms with Crippen LogP contribution in [0, 0.1) is 0 Å². The number of nitrogens with zero attached hydrogens (tertiary/aromatic N) is 1. The van der Waals surface area contributed by atoms with Crippen molar-refractivity contribution in [1.82, 2.24) is 10.3 Å². The fourth-order valence-corrected chi connectivity index (χ4v) is 3.81. The first-order valence-electron chi connectivity index (χ1n) is 9.15. The molecule has 0 aliphatic heterocycles. The van der Waals surface area contributed by atoms with Crippen molar-refractivity contribution in [2.24, 2.45) is 0 Å². The maximum atomic E-state index is 12.5. The highest BCUT2D eigenvalue weighted by atomic mass is 32.1. The van der Waals surface area contributed by atoms with Gasteiger partial charge in [-0.15, -0.1) is 11.3 Å². The van der Waals surface area contributed by atoms with Gasteiger partial charge in [0.25, 0.3) is 0 Å². The van der Waals surface area contributed by atoms with Crippen molar-refractivity contribution in [1.29, 1.82) is 0 Å². The molecule has 1 atom stereocenters. The largest absolute Gasteiger partial charge is 0.454 e. The summed E-state index contributed by atoms with van der Waals surface area (Å²) in [5.41, 5.74) is 2.34. The van der Waals surface area contributed by atoms with Gasteiger partial charge >= 0.3 is 0 Å². The van der Waals surface area contributed by atoms with Gasteiger partial charge in [-0.05, 0) is 17.7 Å². The normalized spacial score (nSPS) is 11.9. The minimum atomic E-state index is -0.400. The standard InChI is InChI=1S/C22H19N3O3S/c1-14(26)23-17(15-7-3-2-4-8-15)12-21(27)25-22-24-18(13-29-22)20-11-16-9-5-6-10-19(16)28-20/h2-11,13,17H,12H2,1H3,(H,23,26)(H,24,25,27). The molecule has 29 heavy (non-hydrogen) atoms. The van der Waals surface area contributed by atoms with E-state index in [0.29, 0.717) is 16.6 Å². The molecule has 2 aromatic heterocycles. The van der Waals surface area contributed by atoms with Gasteiger partial charge in [-0.1, -0.05) is 48.5 Å². The molecule has 0 radical (unpaired) electrons. The quantitative estimate of drug-likeness (QED) is 0.484. The Morgan fingerprint density at radius 1 is 1.10 bits per heavy atom. The lowest BCUT2D eigenvalue weighted by Crippen LogP contribution is -2.29. The Morgan fingerprint density at radius 3 is 2.62 bits per heavy atom. The molecule has 0 saturated heterocycles. The lowest BCUT2D eigenvalue weighted by Gasteiger charge is -2.17. The Hall–Kier alpha value is -3.45. The van der Waals surface area contributed by atoms with E-state index in [1.54, 1.807) is 0 Å². The number of benzene rings is 2. The number of hydrogen-bond acceptors (Lipinski definition) is 5. The second kappa shape index (κ2) is 8.28. The first-order valence-corrected chi connectivity index (χ1v) is 10.0. The summed E-state index contributed by atoms with van der Waals surface area (Å²) >= 11 is 1.33. The number of rotatable bonds is 6. The van der Waals surface area contributed by atoms with Crippen LogP contribution in [-0.4, -0.2) is 16.8 Å². The molecular weight excluding hydrogens is 386 g/mol. The molecule has 0 bridgehead atoms. The van der Waals surface area contributed by atoms with Gasteiger partial charge in [0.05, 0.1) is 12.5 Å². The lowest BCUT2D eigenvalue weighted by atomic mass is 10.0. The van der Waals surface area contributed by atoms with Crippen LogP contribution in [0.4, 0.5) is 5.13 Å². The van der Waals surface area contributed by atoms with E-state index in [9.17, 15) is 9.59 Å². The summed E-state index contributed by atoms with van der Waals surface area (Å²) in [6.45, 7) is 1.44. The maximum absolute atomic E-state index is 12.5. The van der Waals surface area contributed by atoms with E-state index >= 15 is 0 Å². The van der Waals surface area contributed by atoms with Gasteiger partial charge in [-0.3, -0.25) is 9.59 Å². The van der Waals surface area contributed by atoms with Gasteiger partial charge < -0.3 is 15.1 Å². The van der Waals surface area contributed by atoms with E-state index in [4.69, 9.17) is 4.42 Å².